The molecule has 0 unspecified atom stereocenters. The number of hydrogen-bond acceptors (Lipinski definition) is 6. The molecule has 0 fully saturated rings. The van der Waals surface area contributed by atoms with Crippen LogP contribution in [0.15, 0.2) is 140 Å². The molecule has 0 aliphatic carbocycles. The molecule has 0 aromatic heterocycles. The number of carbonyl (C=O) groups is 3. The van der Waals surface area contributed by atoms with Gasteiger partial charge in [0.05, 0.1) is 19.8 Å². The van der Waals surface area contributed by atoms with Gasteiger partial charge in [-0.1, -0.05) is 161 Å². The van der Waals surface area contributed by atoms with Gasteiger partial charge in [0, 0.05) is 25.6 Å². The number of rotatable bonds is 22. The molecule has 2 atom stereocenters. The van der Waals surface area contributed by atoms with Gasteiger partial charge in [0.1, 0.15) is 12.1 Å². The number of benzene rings is 5. The number of aryl methyl sites for hydroxylation is 2. The zero-order valence-corrected chi connectivity index (χ0v) is 37.6. The SMILES string of the molecule is CCCCCc1ccc(CN(C(=O)/C=C/c2ccc(C(F)(F)F)cc2)[C@@H](Cc2ccccc2)C(=O)OC)cc1.CCCCCc1ccc(CN[C@@H](Cc2ccccc2)C(=O)OC)cc1. The van der Waals surface area contributed by atoms with E-state index in [2.05, 4.69) is 43.4 Å². The molecule has 0 aliphatic rings. The van der Waals surface area contributed by atoms with Crippen LogP contribution in [0.2, 0.25) is 0 Å². The van der Waals surface area contributed by atoms with Crippen molar-refractivity contribution < 1.29 is 37.0 Å². The van der Waals surface area contributed by atoms with Gasteiger partial charge in [-0.3, -0.25) is 9.59 Å². The number of nitrogens with one attached hydrogen (secondary N) is 1. The third-order valence-electron chi connectivity index (χ3n) is 10.9. The maximum Gasteiger partial charge on any atom is 0.416 e. The van der Waals surface area contributed by atoms with E-state index in [9.17, 15) is 27.6 Å². The van der Waals surface area contributed by atoms with Crippen molar-refractivity contribution >= 4 is 23.9 Å². The summed E-state index contributed by atoms with van der Waals surface area (Å²) in [7, 11) is 2.72. The second-order valence-electron chi connectivity index (χ2n) is 15.8. The molecule has 5 aromatic carbocycles. The van der Waals surface area contributed by atoms with Crippen LogP contribution >= 0.6 is 0 Å². The first-order valence-corrected chi connectivity index (χ1v) is 22.2. The second-order valence-corrected chi connectivity index (χ2v) is 15.8. The fraction of sp³-hybridized carbons (Fsp3) is 0.352. The third kappa shape index (κ3) is 17.6. The lowest BCUT2D eigenvalue weighted by Crippen LogP contribution is -2.46. The summed E-state index contributed by atoms with van der Waals surface area (Å²) in [4.78, 5) is 39.9. The van der Waals surface area contributed by atoms with Crippen molar-refractivity contribution in [1.29, 1.82) is 0 Å². The fourth-order valence-corrected chi connectivity index (χ4v) is 7.14. The number of unbranched alkanes of at least 4 members (excludes halogenated alkanes) is 4. The highest BCUT2D eigenvalue weighted by molar-refractivity contribution is 5.94. The molecule has 0 aliphatic heterocycles. The van der Waals surface area contributed by atoms with Crippen molar-refractivity contribution in [3.63, 3.8) is 0 Å². The Kier molecular flexibility index (Phi) is 21.6. The highest BCUT2D eigenvalue weighted by Gasteiger charge is 2.31. The van der Waals surface area contributed by atoms with Crippen LogP contribution in [0, 0.1) is 0 Å². The molecule has 0 bridgehead atoms. The van der Waals surface area contributed by atoms with E-state index in [0.29, 0.717) is 18.5 Å². The molecule has 0 saturated heterocycles. The van der Waals surface area contributed by atoms with E-state index in [-0.39, 0.29) is 25.0 Å². The maximum absolute atomic E-state index is 13.5. The number of halogens is 3. The van der Waals surface area contributed by atoms with Crippen molar-refractivity contribution in [3.8, 4) is 0 Å². The first-order valence-electron chi connectivity index (χ1n) is 22.2. The van der Waals surface area contributed by atoms with Gasteiger partial charge in [-0.2, -0.15) is 13.2 Å². The number of carbonyl (C=O) groups excluding carboxylic acids is 3. The molecule has 5 aromatic rings. The number of nitrogens with zero attached hydrogens (tertiary/aromatic N) is 1. The van der Waals surface area contributed by atoms with Crippen LogP contribution in [0.5, 0.6) is 0 Å². The Balaban J connectivity index is 0.000000309. The van der Waals surface area contributed by atoms with E-state index in [4.69, 9.17) is 9.47 Å². The fourth-order valence-electron chi connectivity index (χ4n) is 7.14. The van der Waals surface area contributed by atoms with Crippen molar-refractivity contribution in [3.05, 3.63) is 184 Å². The van der Waals surface area contributed by atoms with Crippen LogP contribution in [0.1, 0.15) is 96.9 Å². The second kappa shape index (κ2) is 27.2. The standard InChI is InChI=1S/C32H34F3NO3.C22H29NO2/c1-3-4-6-9-24-12-14-27(15-13-24)23-36(29(31(38)39-2)22-26-10-7-5-8-11-26)30(37)21-18-25-16-19-28(20-17-25)32(33,34)35;1-3-4-6-9-18-12-14-20(15-13-18)17-23-21(22(24)25-2)16-19-10-7-5-8-11-19/h5,7-8,10-21,29H,3-4,6,9,22-23H2,1-2H3;5,7-8,10-15,21,23H,3-4,6,9,16-17H2,1-2H3/b21-18+;/t29-;21-/m00/s1. The normalized spacial score (nSPS) is 12.2. The Morgan fingerprint density at radius 1 is 0.594 bits per heavy atom. The Morgan fingerprint density at radius 3 is 1.56 bits per heavy atom. The summed E-state index contributed by atoms with van der Waals surface area (Å²) in [5.74, 6) is -1.22. The Morgan fingerprint density at radius 2 is 1.08 bits per heavy atom. The molecule has 1 N–H and O–H groups in total. The van der Waals surface area contributed by atoms with Crippen LogP contribution in [-0.4, -0.2) is 49.0 Å². The number of hydrogen-bond donors (Lipinski definition) is 1. The van der Waals surface area contributed by atoms with E-state index in [1.807, 2.05) is 84.9 Å². The van der Waals surface area contributed by atoms with E-state index in [1.165, 1.54) is 79.4 Å². The van der Waals surface area contributed by atoms with Gasteiger partial charge < -0.3 is 19.7 Å². The van der Waals surface area contributed by atoms with E-state index in [1.54, 1.807) is 0 Å². The lowest BCUT2D eigenvalue weighted by molar-refractivity contribution is -0.151. The number of methoxy groups -OCH3 is 2. The number of esters is 2. The summed E-state index contributed by atoms with van der Waals surface area (Å²) in [6.07, 6.45) is 8.48. The highest BCUT2D eigenvalue weighted by Crippen LogP contribution is 2.29. The van der Waals surface area contributed by atoms with Gasteiger partial charge in [-0.25, -0.2) is 4.79 Å². The molecular weight excluding hydrogens is 814 g/mol. The van der Waals surface area contributed by atoms with Gasteiger partial charge in [-0.05, 0) is 89.3 Å². The predicted molar refractivity (Wildman–Crippen MR) is 249 cm³/mol. The number of amides is 1. The van der Waals surface area contributed by atoms with Crippen molar-refractivity contribution in [2.75, 3.05) is 14.2 Å². The summed E-state index contributed by atoms with van der Waals surface area (Å²) in [6.45, 7) is 5.20. The minimum atomic E-state index is -4.44. The zero-order valence-electron chi connectivity index (χ0n) is 37.6. The lowest BCUT2D eigenvalue weighted by Gasteiger charge is -2.29. The molecule has 1 amide bonds. The van der Waals surface area contributed by atoms with Gasteiger partial charge in [0.2, 0.25) is 5.91 Å². The summed E-state index contributed by atoms with van der Waals surface area (Å²) in [5.41, 5.74) is 6.28. The van der Waals surface area contributed by atoms with Gasteiger partial charge in [-0.15, -0.1) is 0 Å². The van der Waals surface area contributed by atoms with E-state index >= 15 is 0 Å². The molecule has 10 heteroatoms. The predicted octanol–water partition coefficient (Wildman–Crippen LogP) is 11.6. The molecule has 0 radical (unpaired) electrons. The first-order chi connectivity index (χ1) is 30.9. The monoisotopic (exact) mass is 876 g/mol. The summed E-state index contributed by atoms with van der Waals surface area (Å²) in [6, 6.07) is 39.3. The summed E-state index contributed by atoms with van der Waals surface area (Å²) < 4.78 is 48.7. The number of ether oxygens (including phenoxy) is 2. The Labute approximate surface area is 377 Å². The van der Waals surface area contributed by atoms with Crippen LogP contribution in [0.25, 0.3) is 6.08 Å². The molecule has 0 spiro atoms. The van der Waals surface area contributed by atoms with E-state index in [0.717, 1.165) is 60.9 Å². The highest BCUT2D eigenvalue weighted by atomic mass is 19.4. The molecule has 5 rings (SSSR count). The van der Waals surface area contributed by atoms with Crippen LogP contribution in [0.4, 0.5) is 13.2 Å². The van der Waals surface area contributed by atoms with Crippen LogP contribution < -0.4 is 5.32 Å². The largest absolute Gasteiger partial charge is 0.468 e. The summed E-state index contributed by atoms with van der Waals surface area (Å²) in [5, 5.41) is 3.33. The molecule has 64 heavy (non-hydrogen) atoms. The molecular formula is C54H63F3N2O5. The van der Waals surface area contributed by atoms with Crippen LogP contribution in [-0.2, 0) is 68.8 Å². The smallest absolute Gasteiger partial charge is 0.416 e. The Bertz CT molecular complexity index is 2140. The molecule has 340 valence electrons. The van der Waals surface area contributed by atoms with Crippen molar-refractivity contribution in [2.24, 2.45) is 0 Å². The van der Waals surface area contributed by atoms with E-state index < -0.39 is 29.7 Å². The van der Waals surface area contributed by atoms with Gasteiger partial charge in [0.25, 0.3) is 0 Å². The van der Waals surface area contributed by atoms with Gasteiger partial charge >= 0.3 is 18.1 Å². The average molecular weight is 877 g/mol. The third-order valence-corrected chi connectivity index (χ3v) is 10.9. The molecule has 7 nitrogen and oxygen atoms in total. The van der Waals surface area contributed by atoms with Gasteiger partial charge in [0.15, 0.2) is 0 Å². The zero-order chi connectivity index (χ0) is 46.2. The summed E-state index contributed by atoms with van der Waals surface area (Å²) >= 11 is 0. The quantitative estimate of drug-likeness (QED) is 0.0423. The molecule has 0 saturated carbocycles. The maximum atomic E-state index is 13.5. The lowest BCUT2D eigenvalue weighted by atomic mass is 10.0. The molecule has 0 heterocycles. The first kappa shape index (κ1) is 50.6. The van der Waals surface area contributed by atoms with Crippen LogP contribution in [0.3, 0.4) is 0 Å². The minimum Gasteiger partial charge on any atom is -0.468 e. The van der Waals surface area contributed by atoms with Crippen molar-refractivity contribution in [1.82, 2.24) is 10.2 Å². The number of alkyl halides is 3. The average Bonchev–Trinajstić information content (AvgIpc) is 3.32. The Hall–Kier alpha value is -6.00. The van der Waals surface area contributed by atoms with Crippen molar-refractivity contribution in [2.45, 2.75) is 109 Å². The minimum absolute atomic E-state index is 0.165. The topological polar surface area (TPSA) is 84.9 Å².